The maximum Gasteiger partial charge on any atom is 0.379 e. The Morgan fingerprint density at radius 1 is 0.923 bits per heavy atom. The van der Waals surface area contributed by atoms with Crippen molar-refractivity contribution in [1.82, 2.24) is 0 Å². The molecule has 0 bridgehead atoms. The number of hydrogen-bond donors (Lipinski definition) is 1. The van der Waals surface area contributed by atoms with Gasteiger partial charge in [-0.15, -0.1) is 0 Å². The minimum atomic E-state index is -3.67. The van der Waals surface area contributed by atoms with Gasteiger partial charge in [0.05, 0.1) is 6.54 Å². The van der Waals surface area contributed by atoms with Crippen LogP contribution in [0.25, 0.3) is 0 Å². The van der Waals surface area contributed by atoms with E-state index in [0.717, 1.165) is 11.1 Å². The molecule has 3 nitrogen and oxygen atoms in total. The summed E-state index contributed by atoms with van der Waals surface area (Å²) in [5.74, 6) is -1.57. The maximum atomic E-state index is 13.1. The van der Waals surface area contributed by atoms with Crippen LogP contribution in [0.5, 0.6) is 0 Å². The van der Waals surface area contributed by atoms with Crippen LogP contribution in [0.3, 0.4) is 0 Å². The van der Waals surface area contributed by atoms with Gasteiger partial charge >= 0.3 is 12.6 Å². The third kappa shape index (κ3) is 7.18. The van der Waals surface area contributed by atoms with Crippen molar-refractivity contribution in [3.05, 3.63) is 71.3 Å². The summed E-state index contributed by atoms with van der Waals surface area (Å²) < 4.78 is 60.5. The Bertz CT molecular complexity index is 629. The molecule has 2 aromatic rings. The minimum absolute atomic E-state index is 0.218. The highest BCUT2D eigenvalue weighted by Gasteiger charge is 2.24. The lowest BCUT2D eigenvalue weighted by atomic mass is 9.87. The van der Waals surface area contributed by atoms with Crippen LogP contribution in [0, 0.1) is 11.6 Å². The van der Waals surface area contributed by atoms with E-state index in [-0.39, 0.29) is 24.1 Å². The Hall–Kier alpha value is -2.48. The van der Waals surface area contributed by atoms with Crippen molar-refractivity contribution in [3.8, 4) is 0 Å². The quantitative estimate of drug-likeness (QED) is 0.631. The summed E-state index contributed by atoms with van der Waals surface area (Å²) in [6, 6.07) is 11.8. The van der Waals surface area contributed by atoms with E-state index in [0.29, 0.717) is 0 Å². The van der Waals surface area contributed by atoms with Crippen LogP contribution in [0.15, 0.2) is 48.5 Å². The molecular formula is C18H18F5NO2. The monoisotopic (exact) mass is 375 g/mol. The molecule has 0 aliphatic heterocycles. The van der Waals surface area contributed by atoms with Gasteiger partial charge in [-0.2, -0.15) is 13.2 Å². The van der Waals surface area contributed by atoms with Crippen molar-refractivity contribution in [2.24, 2.45) is 5.73 Å². The molecule has 26 heavy (non-hydrogen) atoms. The van der Waals surface area contributed by atoms with Crippen LogP contribution in [-0.2, 0) is 9.53 Å². The van der Waals surface area contributed by atoms with Crippen molar-refractivity contribution >= 4 is 5.97 Å². The van der Waals surface area contributed by atoms with Crippen molar-refractivity contribution in [2.45, 2.75) is 25.6 Å². The van der Waals surface area contributed by atoms with Crippen molar-refractivity contribution < 1.29 is 31.5 Å². The van der Waals surface area contributed by atoms with Crippen LogP contribution >= 0.6 is 0 Å². The number of benzene rings is 2. The smallest absolute Gasteiger partial charge is 0.379 e. The first-order valence-corrected chi connectivity index (χ1v) is 7.57. The highest BCUT2D eigenvalue weighted by Crippen LogP contribution is 2.30. The molecule has 2 N–H and O–H groups in total. The summed E-state index contributed by atoms with van der Waals surface area (Å²) in [4.78, 5) is 11.4. The number of carbonyl (C=O) groups is 1. The molecule has 0 fully saturated rings. The highest BCUT2D eigenvalue weighted by atomic mass is 19.4. The van der Waals surface area contributed by atoms with Crippen LogP contribution in [-0.4, -0.2) is 25.3 Å². The zero-order chi connectivity index (χ0) is 19.7. The van der Waals surface area contributed by atoms with Crippen molar-refractivity contribution in [3.63, 3.8) is 0 Å². The normalized spacial score (nSPS) is 11.7. The fourth-order valence-corrected chi connectivity index (χ4v) is 2.40. The number of halogens is 5. The van der Waals surface area contributed by atoms with Crippen LogP contribution in [0.1, 0.15) is 24.0 Å². The number of hydrogen-bond acceptors (Lipinski definition) is 3. The molecule has 0 aliphatic carbocycles. The van der Waals surface area contributed by atoms with Gasteiger partial charge in [-0.25, -0.2) is 8.78 Å². The Labute approximate surface area is 147 Å². The molecule has 0 radical (unpaired) electrons. The largest absolute Gasteiger partial charge is 0.461 e. The van der Waals surface area contributed by atoms with Crippen molar-refractivity contribution in [1.29, 1.82) is 0 Å². The van der Waals surface area contributed by atoms with E-state index in [9.17, 15) is 26.7 Å². The summed E-state index contributed by atoms with van der Waals surface area (Å²) in [7, 11) is 0. The molecule has 0 aliphatic rings. The number of ether oxygens (including phenoxy) is 1. The van der Waals surface area contributed by atoms with Gasteiger partial charge in [-0.3, -0.25) is 4.79 Å². The third-order valence-corrected chi connectivity index (χ3v) is 3.41. The second kappa shape index (κ2) is 10.5. The predicted octanol–water partition coefficient (Wildman–Crippen LogP) is 4.17. The number of rotatable bonds is 5. The van der Waals surface area contributed by atoms with Gasteiger partial charge in [-0.1, -0.05) is 24.3 Å². The molecular weight excluding hydrogens is 357 g/mol. The van der Waals surface area contributed by atoms with Crippen LogP contribution < -0.4 is 5.73 Å². The number of nitrogens with two attached hydrogens (primary N) is 1. The Kier molecular flexibility index (Phi) is 8.71. The molecule has 2 aromatic carbocycles. The number of esters is 1. The first-order valence-electron chi connectivity index (χ1n) is 7.57. The SMILES string of the molecule is CC(OC(=O)CN)C(c1ccc(F)cc1)c1ccc(F)cc1.FC(F)F. The molecule has 8 heteroatoms. The molecule has 0 heterocycles. The van der Waals surface area contributed by atoms with Gasteiger partial charge in [0.1, 0.15) is 17.7 Å². The second-order valence-electron chi connectivity index (χ2n) is 5.23. The zero-order valence-electron chi connectivity index (χ0n) is 13.8. The van der Waals surface area contributed by atoms with Crippen LogP contribution in [0.4, 0.5) is 22.0 Å². The average molecular weight is 375 g/mol. The summed E-state index contributed by atoms with van der Waals surface area (Å²) in [6.07, 6.45) is -0.521. The topological polar surface area (TPSA) is 52.3 Å². The first-order chi connectivity index (χ1) is 12.2. The molecule has 0 saturated heterocycles. The van der Waals surface area contributed by atoms with Gasteiger partial charge in [0.25, 0.3) is 0 Å². The minimum Gasteiger partial charge on any atom is -0.461 e. The van der Waals surface area contributed by atoms with Crippen LogP contribution in [0.2, 0.25) is 0 Å². The maximum absolute atomic E-state index is 13.1. The van der Waals surface area contributed by atoms with Gasteiger partial charge in [-0.05, 0) is 42.3 Å². The molecule has 142 valence electrons. The summed E-state index contributed by atoms with van der Waals surface area (Å²) in [5, 5.41) is 0. The zero-order valence-corrected chi connectivity index (χ0v) is 13.8. The number of carbonyl (C=O) groups excluding carboxylic acids is 1. The van der Waals surface area contributed by atoms with Gasteiger partial charge in [0.2, 0.25) is 0 Å². The van der Waals surface area contributed by atoms with E-state index in [2.05, 4.69) is 0 Å². The molecule has 0 spiro atoms. The van der Waals surface area contributed by atoms with E-state index in [1.54, 1.807) is 31.2 Å². The van der Waals surface area contributed by atoms with E-state index >= 15 is 0 Å². The molecule has 0 amide bonds. The Morgan fingerprint density at radius 2 is 1.27 bits per heavy atom. The molecule has 1 unspecified atom stereocenters. The predicted molar refractivity (Wildman–Crippen MR) is 86.4 cm³/mol. The summed E-state index contributed by atoms with van der Waals surface area (Å²) >= 11 is 0. The first kappa shape index (κ1) is 21.6. The Balaban J connectivity index is 0.000000765. The van der Waals surface area contributed by atoms with E-state index in [1.807, 2.05) is 0 Å². The van der Waals surface area contributed by atoms with Crippen molar-refractivity contribution in [2.75, 3.05) is 6.54 Å². The van der Waals surface area contributed by atoms with Gasteiger partial charge in [0, 0.05) is 5.92 Å². The van der Waals surface area contributed by atoms with E-state index < -0.39 is 18.8 Å². The standard InChI is InChI=1S/C17H17F2NO2.CHF3/c1-11(22-16(21)10-20)17(12-2-6-14(18)7-3-12)13-4-8-15(19)9-5-13;2-1(3)4/h2-9,11,17H,10,20H2,1H3;1H. The Morgan fingerprint density at radius 3 is 1.58 bits per heavy atom. The van der Waals surface area contributed by atoms with Gasteiger partial charge in [0.15, 0.2) is 0 Å². The molecule has 0 aromatic heterocycles. The van der Waals surface area contributed by atoms with Gasteiger partial charge < -0.3 is 10.5 Å². The van der Waals surface area contributed by atoms with E-state index in [1.165, 1.54) is 24.3 Å². The fourth-order valence-electron chi connectivity index (χ4n) is 2.40. The average Bonchev–Trinajstić information content (AvgIpc) is 2.58. The van der Waals surface area contributed by atoms with E-state index in [4.69, 9.17) is 10.5 Å². The second-order valence-corrected chi connectivity index (χ2v) is 5.23. The lowest BCUT2D eigenvalue weighted by Crippen LogP contribution is -2.27. The lowest BCUT2D eigenvalue weighted by Gasteiger charge is -2.25. The lowest BCUT2D eigenvalue weighted by molar-refractivity contribution is -0.147. The summed E-state index contributed by atoms with van der Waals surface area (Å²) in [6.45, 7) is -2.16. The third-order valence-electron chi connectivity index (χ3n) is 3.41. The molecule has 1 atom stereocenters. The summed E-state index contributed by atoms with van der Waals surface area (Å²) in [5.41, 5.74) is 6.80. The fraction of sp³-hybridized carbons (Fsp3) is 0.278. The highest BCUT2D eigenvalue weighted by molar-refractivity contribution is 5.71. The molecule has 2 rings (SSSR count). The number of alkyl halides is 3. The molecule has 0 saturated carbocycles.